The van der Waals surface area contributed by atoms with Crippen LogP contribution in [0.1, 0.15) is 44.1 Å². The largest absolute Gasteiger partial charge is 0.310 e. The molecule has 0 spiro atoms. The lowest BCUT2D eigenvalue weighted by Crippen LogP contribution is -2.21. The number of H-pyrrole nitrogens is 1. The summed E-state index contributed by atoms with van der Waals surface area (Å²) in [5.41, 5.74) is 1.34. The van der Waals surface area contributed by atoms with Crippen LogP contribution in [-0.2, 0) is 0 Å². The molecule has 2 N–H and O–H groups in total. The highest BCUT2D eigenvalue weighted by Gasteiger charge is 2.08. The Balaban J connectivity index is 2.01. The first kappa shape index (κ1) is 15.1. The summed E-state index contributed by atoms with van der Waals surface area (Å²) >= 11 is 1.58. The number of aromatic amines is 1. The molecule has 1 heterocycles. The van der Waals surface area contributed by atoms with Crippen LogP contribution in [0.5, 0.6) is 0 Å². The van der Waals surface area contributed by atoms with Gasteiger partial charge in [0.2, 0.25) is 5.16 Å². The number of hydrogen-bond donors (Lipinski definition) is 2. The Labute approximate surface area is 124 Å². The molecule has 2 rings (SSSR count). The maximum absolute atomic E-state index is 4.30. The minimum absolute atomic E-state index is 0.444. The molecule has 0 saturated carbocycles. The first-order chi connectivity index (χ1) is 9.72. The lowest BCUT2D eigenvalue weighted by Gasteiger charge is -2.17. The summed E-state index contributed by atoms with van der Waals surface area (Å²) in [4.78, 5) is 5.47. The quantitative estimate of drug-likeness (QED) is 0.816. The molecule has 0 radical (unpaired) electrons. The fraction of sp³-hybridized carbons (Fsp3) is 0.467. The molecule has 20 heavy (non-hydrogen) atoms. The first-order valence-electron chi connectivity index (χ1n) is 7.13. The predicted molar refractivity (Wildman–Crippen MR) is 83.0 cm³/mol. The van der Waals surface area contributed by atoms with Gasteiger partial charge in [0, 0.05) is 10.9 Å². The van der Waals surface area contributed by atoms with Gasteiger partial charge in [0.05, 0.1) is 0 Å². The average Bonchev–Trinajstić information content (AvgIpc) is 2.86. The summed E-state index contributed by atoms with van der Waals surface area (Å²) in [6.45, 7) is 7.38. The monoisotopic (exact) mass is 290 g/mol. The van der Waals surface area contributed by atoms with Crippen molar-refractivity contribution in [1.29, 1.82) is 0 Å². The summed E-state index contributed by atoms with van der Waals surface area (Å²) in [6.07, 6.45) is 2.27. The zero-order valence-electron chi connectivity index (χ0n) is 12.3. The highest BCUT2D eigenvalue weighted by molar-refractivity contribution is 7.99. The Morgan fingerprint density at radius 2 is 2.00 bits per heavy atom. The van der Waals surface area contributed by atoms with Gasteiger partial charge in [0.15, 0.2) is 0 Å². The van der Waals surface area contributed by atoms with E-state index in [4.69, 9.17) is 0 Å². The smallest absolute Gasteiger partial charge is 0.213 e. The minimum atomic E-state index is 0.444. The third kappa shape index (κ3) is 4.08. The van der Waals surface area contributed by atoms with E-state index in [-0.39, 0.29) is 0 Å². The zero-order chi connectivity index (χ0) is 14.4. The fourth-order valence-electron chi connectivity index (χ4n) is 2.06. The number of aromatic nitrogens is 3. The average molecular weight is 290 g/mol. The molecule has 1 aromatic heterocycles. The Kier molecular flexibility index (Phi) is 5.61. The van der Waals surface area contributed by atoms with Gasteiger partial charge < -0.3 is 5.32 Å². The highest BCUT2D eigenvalue weighted by Crippen LogP contribution is 2.26. The first-order valence-corrected chi connectivity index (χ1v) is 7.94. The molecular formula is C15H22N4S. The van der Waals surface area contributed by atoms with Gasteiger partial charge in [0.25, 0.3) is 0 Å². The molecule has 0 bridgehead atoms. The van der Waals surface area contributed by atoms with Crippen LogP contribution in [0.4, 0.5) is 0 Å². The summed E-state index contributed by atoms with van der Waals surface area (Å²) in [7, 11) is 0. The SMILES string of the molecule is CCCNC(CC)c1ccc(Sc2n[nH]c(C)n2)cc1. The van der Waals surface area contributed by atoms with Crippen molar-refractivity contribution in [2.45, 2.75) is 49.7 Å². The number of nitrogens with one attached hydrogen (secondary N) is 2. The molecule has 0 saturated heterocycles. The Morgan fingerprint density at radius 1 is 1.25 bits per heavy atom. The summed E-state index contributed by atoms with van der Waals surface area (Å²) in [5, 5.41) is 11.3. The topological polar surface area (TPSA) is 53.6 Å². The van der Waals surface area contributed by atoms with Gasteiger partial charge in [-0.25, -0.2) is 4.98 Å². The van der Waals surface area contributed by atoms with Gasteiger partial charge in [0.1, 0.15) is 5.82 Å². The molecule has 1 aromatic carbocycles. The van der Waals surface area contributed by atoms with E-state index in [1.165, 1.54) is 5.56 Å². The Morgan fingerprint density at radius 3 is 2.55 bits per heavy atom. The molecule has 0 fully saturated rings. The van der Waals surface area contributed by atoms with E-state index in [1.807, 2.05) is 6.92 Å². The summed E-state index contributed by atoms with van der Waals surface area (Å²) in [5.74, 6) is 0.846. The lowest BCUT2D eigenvalue weighted by molar-refractivity contribution is 0.518. The fourth-order valence-corrected chi connectivity index (χ4v) is 2.81. The molecule has 1 atom stereocenters. The molecule has 2 aromatic rings. The van der Waals surface area contributed by atoms with Gasteiger partial charge >= 0.3 is 0 Å². The molecule has 4 nitrogen and oxygen atoms in total. The van der Waals surface area contributed by atoms with Crippen molar-refractivity contribution in [2.75, 3.05) is 6.54 Å². The van der Waals surface area contributed by atoms with E-state index in [1.54, 1.807) is 11.8 Å². The molecule has 0 amide bonds. The maximum Gasteiger partial charge on any atom is 0.213 e. The van der Waals surface area contributed by atoms with Gasteiger partial charge in [-0.3, -0.25) is 5.10 Å². The molecule has 0 aliphatic heterocycles. The van der Waals surface area contributed by atoms with E-state index < -0.39 is 0 Å². The van der Waals surface area contributed by atoms with E-state index >= 15 is 0 Å². The highest BCUT2D eigenvalue weighted by atomic mass is 32.2. The molecule has 0 aliphatic carbocycles. The van der Waals surface area contributed by atoms with Crippen LogP contribution in [0.3, 0.4) is 0 Å². The molecular weight excluding hydrogens is 268 g/mol. The van der Waals surface area contributed by atoms with Crippen molar-refractivity contribution < 1.29 is 0 Å². The van der Waals surface area contributed by atoms with Crippen LogP contribution >= 0.6 is 11.8 Å². The van der Waals surface area contributed by atoms with E-state index in [0.717, 1.165) is 35.3 Å². The third-order valence-corrected chi connectivity index (χ3v) is 3.99. The second-order valence-electron chi connectivity index (χ2n) is 4.79. The molecule has 108 valence electrons. The number of rotatable bonds is 7. The van der Waals surface area contributed by atoms with E-state index in [0.29, 0.717) is 6.04 Å². The van der Waals surface area contributed by atoms with Crippen LogP contribution in [0.15, 0.2) is 34.3 Å². The Bertz CT molecular complexity index is 521. The third-order valence-electron chi connectivity index (χ3n) is 3.12. The van der Waals surface area contributed by atoms with Crippen molar-refractivity contribution in [3.8, 4) is 0 Å². The van der Waals surface area contributed by atoms with Gasteiger partial charge in [-0.1, -0.05) is 26.0 Å². The second-order valence-corrected chi connectivity index (χ2v) is 5.83. The molecule has 5 heteroatoms. The van der Waals surface area contributed by atoms with Crippen molar-refractivity contribution in [1.82, 2.24) is 20.5 Å². The minimum Gasteiger partial charge on any atom is -0.310 e. The standard InChI is InChI=1S/C15H22N4S/c1-4-10-16-14(5-2)12-6-8-13(9-7-12)20-15-17-11(3)18-19-15/h6-9,14,16H,4-5,10H2,1-3H3,(H,17,18,19). The maximum atomic E-state index is 4.30. The van der Waals surface area contributed by atoms with Gasteiger partial charge in [-0.15, -0.1) is 5.10 Å². The summed E-state index contributed by atoms with van der Waals surface area (Å²) < 4.78 is 0. The van der Waals surface area contributed by atoms with E-state index in [9.17, 15) is 0 Å². The van der Waals surface area contributed by atoms with Crippen molar-refractivity contribution >= 4 is 11.8 Å². The molecule has 0 aliphatic rings. The number of aryl methyl sites for hydroxylation is 1. The second kappa shape index (κ2) is 7.45. The number of benzene rings is 1. The van der Waals surface area contributed by atoms with Crippen molar-refractivity contribution in [3.05, 3.63) is 35.7 Å². The van der Waals surface area contributed by atoms with Crippen LogP contribution in [0.25, 0.3) is 0 Å². The van der Waals surface area contributed by atoms with Crippen LogP contribution in [0, 0.1) is 6.92 Å². The number of nitrogens with zero attached hydrogens (tertiary/aromatic N) is 2. The number of hydrogen-bond acceptors (Lipinski definition) is 4. The summed E-state index contributed by atoms with van der Waals surface area (Å²) in [6, 6.07) is 9.11. The van der Waals surface area contributed by atoms with Gasteiger partial charge in [-0.2, -0.15) is 0 Å². The molecule has 1 unspecified atom stereocenters. The predicted octanol–water partition coefficient (Wildman–Crippen LogP) is 3.72. The van der Waals surface area contributed by atoms with Crippen molar-refractivity contribution in [2.24, 2.45) is 0 Å². The van der Waals surface area contributed by atoms with Gasteiger partial charge in [-0.05, 0) is 55.8 Å². The van der Waals surface area contributed by atoms with Crippen LogP contribution in [-0.4, -0.2) is 21.7 Å². The normalized spacial score (nSPS) is 12.6. The zero-order valence-corrected chi connectivity index (χ0v) is 13.1. The Hall–Kier alpha value is -1.33. The van der Waals surface area contributed by atoms with Crippen LogP contribution in [0.2, 0.25) is 0 Å². The van der Waals surface area contributed by atoms with E-state index in [2.05, 4.69) is 58.6 Å². The van der Waals surface area contributed by atoms with Crippen LogP contribution < -0.4 is 5.32 Å². The van der Waals surface area contributed by atoms with Crippen molar-refractivity contribution in [3.63, 3.8) is 0 Å². The lowest BCUT2D eigenvalue weighted by atomic mass is 10.0.